The van der Waals surface area contributed by atoms with Gasteiger partial charge in [0.1, 0.15) is 0 Å². The number of nitrogens with zero attached hydrogens (tertiary/aromatic N) is 1. The maximum Gasteiger partial charge on any atom is 0.240 e. The molecule has 1 aliphatic rings. The molecule has 1 amide bonds. The minimum absolute atomic E-state index is 0.0103. The number of hydrogen-bond acceptors (Lipinski definition) is 2. The maximum absolute atomic E-state index is 12.1. The molecule has 0 spiro atoms. The minimum Gasteiger partial charge on any atom is -0.308 e. The van der Waals surface area contributed by atoms with Crippen molar-refractivity contribution in [1.29, 1.82) is 0 Å². The molecular weight excluding hydrogens is 286 g/mol. The zero-order valence-corrected chi connectivity index (χ0v) is 11.9. The Kier molecular flexibility index (Phi) is 3.31. The number of thioether (sulfide) groups is 1. The van der Waals surface area contributed by atoms with E-state index in [1.165, 1.54) is 4.90 Å². The second kappa shape index (κ2) is 4.41. The summed E-state index contributed by atoms with van der Waals surface area (Å²) in [6.07, 6.45) is 0. The van der Waals surface area contributed by atoms with Gasteiger partial charge in [0.15, 0.2) is 0 Å². The van der Waals surface area contributed by atoms with Crippen LogP contribution in [0.4, 0.5) is 5.69 Å². The van der Waals surface area contributed by atoms with Crippen LogP contribution in [0, 0.1) is 0 Å². The standard InChI is InChI=1S/C12H14BrNOS/c1-7(2)14-10-6-9(13)4-5-11(10)16-8(3)12(14)15/h4-8H,1-3H3. The number of anilines is 1. The van der Waals surface area contributed by atoms with E-state index in [1.807, 2.05) is 37.8 Å². The average Bonchev–Trinajstić information content (AvgIpc) is 2.20. The van der Waals surface area contributed by atoms with Gasteiger partial charge in [0.25, 0.3) is 0 Å². The quantitative estimate of drug-likeness (QED) is 0.788. The Labute approximate surface area is 109 Å². The third-order valence-electron chi connectivity index (χ3n) is 2.59. The van der Waals surface area contributed by atoms with E-state index < -0.39 is 0 Å². The summed E-state index contributed by atoms with van der Waals surface area (Å²) < 4.78 is 1.01. The predicted octanol–water partition coefficient (Wildman–Crippen LogP) is 3.68. The summed E-state index contributed by atoms with van der Waals surface area (Å²) in [5.41, 5.74) is 1.03. The van der Waals surface area contributed by atoms with Crippen LogP contribution >= 0.6 is 27.7 Å². The zero-order chi connectivity index (χ0) is 11.9. The number of carbonyl (C=O) groups excluding carboxylic acids is 1. The Morgan fingerprint density at radius 3 is 2.75 bits per heavy atom. The fourth-order valence-electron chi connectivity index (χ4n) is 1.87. The molecule has 0 saturated carbocycles. The van der Waals surface area contributed by atoms with Gasteiger partial charge in [-0.25, -0.2) is 0 Å². The van der Waals surface area contributed by atoms with Gasteiger partial charge in [-0.2, -0.15) is 0 Å². The van der Waals surface area contributed by atoms with Gasteiger partial charge in [0.2, 0.25) is 5.91 Å². The molecule has 1 aromatic carbocycles. The molecule has 0 saturated heterocycles. The molecule has 0 N–H and O–H groups in total. The number of fused-ring (bicyclic) bond motifs is 1. The fourth-order valence-corrected chi connectivity index (χ4v) is 3.24. The Balaban J connectivity index is 2.53. The number of amides is 1. The molecule has 1 aliphatic heterocycles. The first-order valence-corrected chi connectivity index (χ1v) is 6.97. The van der Waals surface area contributed by atoms with E-state index in [9.17, 15) is 4.79 Å². The third kappa shape index (κ3) is 2.00. The van der Waals surface area contributed by atoms with Crippen molar-refractivity contribution < 1.29 is 4.79 Å². The molecule has 0 bridgehead atoms. The summed E-state index contributed by atoms with van der Waals surface area (Å²) in [7, 11) is 0. The van der Waals surface area contributed by atoms with Crippen molar-refractivity contribution in [2.45, 2.75) is 37.0 Å². The first-order valence-electron chi connectivity index (χ1n) is 5.30. The second-order valence-corrected chi connectivity index (χ2v) is 6.47. The summed E-state index contributed by atoms with van der Waals surface area (Å²) in [5, 5.41) is 0.0103. The number of hydrogen-bond donors (Lipinski definition) is 0. The maximum atomic E-state index is 12.1. The van der Waals surface area contributed by atoms with Crippen molar-refractivity contribution in [1.82, 2.24) is 0 Å². The molecular formula is C12H14BrNOS. The number of halogens is 1. The highest BCUT2D eigenvalue weighted by molar-refractivity contribution is 9.10. The molecule has 86 valence electrons. The Hall–Kier alpha value is -0.480. The summed E-state index contributed by atoms with van der Waals surface area (Å²) in [6.45, 7) is 6.06. The Morgan fingerprint density at radius 1 is 1.44 bits per heavy atom. The van der Waals surface area contributed by atoms with Gasteiger partial charge in [0, 0.05) is 15.4 Å². The van der Waals surface area contributed by atoms with Crippen LogP contribution in [-0.4, -0.2) is 17.2 Å². The summed E-state index contributed by atoms with van der Waals surface area (Å²) in [4.78, 5) is 15.2. The first kappa shape index (κ1) is 12.0. The zero-order valence-electron chi connectivity index (χ0n) is 9.53. The van der Waals surface area contributed by atoms with Crippen LogP contribution in [0.2, 0.25) is 0 Å². The van der Waals surface area contributed by atoms with Crippen molar-refractivity contribution in [3.05, 3.63) is 22.7 Å². The van der Waals surface area contributed by atoms with E-state index >= 15 is 0 Å². The smallest absolute Gasteiger partial charge is 0.240 e. The summed E-state index contributed by atoms with van der Waals surface area (Å²) in [6, 6.07) is 6.31. The van der Waals surface area contributed by atoms with E-state index in [4.69, 9.17) is 0 Å². The monoisotopic (exact) mass is 299 g/mol. The molecule has 16 heavy (non-hydrogen) atoms. The molecule has 1 atom stereocenters. The van der Waals surface area contributed by atoms with Crippen molar-refractivity contribution in [3.8, 4) is 0 Å². The van der Waals surface area contributed by atoms with Crippen molar-refractivity contribution in [2.75, 3.05) is 4.90 Å². The molecule has 0 fully saturated rings. The van der Waals surface area contributed by atoms with Gasteiger partial charge in [0.05, 0.1) is 10.9 Å². The van der Waals surface area contributed by atoms with Gasteiger partial charge >= 0.3 is 0 Å². The van der Waals surface area contributed by atoms with Gasteiger partial charge < -0.3 is 4.90 Å². The third-order valence-corrected chi connectivity index (χ3v) is 4.23. The van der Waals surface area contributed by atoms with Crippen molar-refractivity contribution in [3.63, 3.8) is 0 Å². The molecule has 2 nitrogen and oxygen atoms in total. The van der Waals surface area contributed by atoms with Crippen LogP contribution in [0.25, 0.3) is 0 Å². The lowest BCUT2D eigenvalue weighted by Gasteiger charge is -2.35. The van der Waals surface area contributed by atoms with E-state index in [0.717, 1.165) is 10.2 Å². The van der Waals surface area contributed by atoms with E-state index in [2.05, 4.69) is 22.0 Å². The highest BCUT2D eigenvalue weighted by Gasteiger charge is 2.32. The van der Waals surface area contributed by atoms with Crippen LogP contribution in [0.5, 0.6) is 0 Å². The molecule has 0 aliphatic carbocycles. The molecule has 0 aromatic heterocycles. The molecule has 1 unspecified atom stereocenters. The normalized spacial score (nSPS) is 20.2. The van der Waals surface area contributed by atoms with Gasteiger partial charge in [-0.05, 0) is 39.0 Å². The van der Waals surface area contributed by atoms with Crippen LogP contribution in [0.1, 0.15) is 20.8 Å². The Bertz CT molecular complexity index is 433. The number of carbonyl (C=O) groups is 1. The second-order valence-electron chi connectivity index (χ2n) is 4.17. The van der Waals surface area contributed by atoms with Crippen LogP contribution < -0.4 is 4.90 Å². The fraction of sp³-hybridized carbons (Fsp3) is 0.417. The highest BCUT2D eigenvalue weighted by Crippen LogP contribution is 2.41. The van der Waals surface area contributed by atoms with Gasteiger partial charge in [-0.1, -0.05) is 15.9 Å². The SMILES string of the molecule is CC1Sc2ccc(Br)cc2N(C(C)C)C1=O. The molecule has 1 heterocycles. The van der Waals surface area contributed by atoms with Crippen LogP contribution in [0.15, 0.2) is 27.6 Å². The number of benzene rings is 1. The van der Waals surface area contributed by atoms with Crippen molar-refractivity contribution in [2.24, 2.45) is 0 Å². The average molecular weight is 300 g/mol. The largest absolute Gasteiger partial charge is 0.308 e. The molecule has 1 aromatic rings. The highest BCUT2D eigenvalue weighted by atomic mass is 79.9. The first-order chi connectivity index (χ1) is 7.50. The van der Waals surface area contributed by atoms with E-state index in [-0.39, 0.29) is 17.2 Å². The number of rotatable bonds is 1. The topological polar surface area (TPSA) is 20.3 Å². The minimum atomic E-state index is 0.0103. The van der Waals surface area contributed by atoms with Crippen LogP contribution in [-0.2, 0) is 4.79 Å². The lowest BCUT2D eigenvalue weighted by atomic mass is 10.2. The summed E-state index contributed by atoms with van der Waals surface area (Å²) in [5.74, 6) is 0.200. The van der Waals surface area contributed by atoms with Crippen LogP contribution in [0.3, 0.4) is 0 Å². The predicted molar refractivity (Wildman–Crippen MR) is 72.1 cm³/mol. The summed E-state index contributed by atoms with van der Waals surface area (Å²) >= 11 is 5.09. The van der Waals surface area contributed by atoms with Gasteiger partial charge in [-0.15, -0.1) is 11.8 Å². The van der Waals surface area contributed by atoms with Crippen molar-refractivity contribution >= 4 is 39.3 Å². The van der Waals surface area contributed by atoms with E-state index in [1.54, 1.807) is 11.8 Å². The molecule has 0 radical (unpaired) electrons. The lowest BCUT2D eigenvalue weighted by Crippen LogP contribution is -2.44. The molecule has 4 heteroatoms. The molecule has 2 rings (SSSR count). The lowest BCUT2D eigenvalue weighted by molar-refractivity contribution is -0.118. The van der Waals surface area contributed by atoms with Gasteiger partial charge in [-0.3, -0.25) is 4.79 Å². The Morgan fingerprint density at radius 2 is 2.12 bits per heavy atom. The van der Waals surface area contributed by atoms with E-state index in [0.29, 0.717) is 0 Å².